The van der Waals surface area contributed by atoms with Gasteiger partial charge in [-0.2, -0.15) is 0 Å². The molecule has 0 bridgehead atoms. The first kappa shape index (κ1) is 27.8. The van der Waals surface area contributed by atoms with Crippen LogP contribution in [0.4, 0.5) is 10.1 Å². The van der Waals surface area contributed by atoms with Gasteiger partial charge in [-0.05, 0) is 57.9 Å². The highest BCUT2D eigenvalue weighted by atomic mass is 19.1. The van der Waals surface area contributed by atoms with Crippen LogP contribution in [0.2, 0.25) is 0 Å². The smallest absolute Gasteiger partial charge is 0.337 e. The molecule has 0 spiro atoms. The molecule has 3 heterocycles. The highest BCUT2D eigenvalue weighted by molar-refractivity contribution is 5.86. The number of pyridine rings is 2. The minimum absolute atomic E-state index is 0.0477. The summed E-state index contributed by atoms with van der Waals surface area (Å²) < 4.78 is 26.6. The normalized spacial score (nSPS) is 16.8. The zero-order chi connectivity index (χ0) is 26.8. The maximum atomic E-state index is 15.0. The third kappa shape index (κ3) is 6.72. The summed E-state index contributed by atoms with van der Waals surface area (Å²) in [5.41, 5.74) is 2.41. The van der Waals surface area contributed by atoms with Gasteiger partial charge in [-0.3, -0.25) is 4.98 Å². The van der Waals surface area contributed by atoms with Gasteiger partial charge in [0.25, 0.3) is 0 Å². The molecule has 1 aliphatic heterocycles. The zero-order valence-corrected chi connectivity index (χ0v) is 22.8. The van der Waals surface area contributed by atoms with Crippen molar-refractivity contribution in [2.24, 2.45) is 11.3 Å². The molecule has 1 atom stereocenters. The molecule has 0 aromatic carbocycles. The van der Waals surface area contributed by atoms with E-state index < -0.39 is 23.5 Å². The second-order valence-corrected chi connectivity index (χ2v) is 11.8. The molecule has 1 N–H and O–H groups in total. The Bertz CT molecular complexity index is 1080. The highest BCUT2D eigenvalue weighted by Gasteiger charge is 2.36. The van der Waals surface area contributed by atoms with Crippen LogP contribution in [-0.2, 0) is 9.53 Å². The van der Waals surface area contributed by atoms with Crippen molar-refractivity contribution < 1.29 is 23.8 Å². The van der Waals surface area contributed by atoms with E-state index >= 15 is 4.39 Å². The van der Waals surface area contributed by atoms with Crippen LogP contribution in [-0.4, -0.2) is 46.3 Å². The molecule has 1 saturated heterocycles. The quantitative estimate of drug-likeness (QED) is 0.461. The number of hydrogen-bond donors (Lipinski definition) is 1. The SMILES string of the molecule is Cc1ncc(-c2cnc(OCC(C)C)c(F)c2)c(N2CCC(C)(C)CC2)c1C(OC(C)(C)C)C(=O)O. The molecule has 2 aromatic heterocycles. The summed E-state index contributed by atoms with van der Waals surface area (Å²) in [5.74, 6) is -1.47. The van der Waals surface area contributed by atoms with E-state index in [-0.39, 0.29) is 17.2 Å². The van der Waals surface area contributed by atoms with Crippen LogP contribution < -0.4 is 9.64 Å². The van der Waals surface area contributed by atoms with Gasteiger partial charge in [-0.15, -0.1) is 0 Å². The number of anilines is 1. The second-order valence-electron chi connectivity index (χ2n) is 11.8. The van der Waals surface area contributed by atoms with Gasteiger partial charge in [0.1, 0.15) is 0 Å². The van der Waals surface area contributed by atoms with E-state index in [9.17, 15) is 9.90 Å². The molecule has 8 heteroatoms. The standard InChI is InChI=1S/C28H40FN3O4/c1-17(2)16-35-25-21(29)13-19(14-31-25)20-15-30-18(3)22(24(26(33)34)36-27(4,5)6)23(20)32-11-9-28(7,8)10-12-32/h13-15,17,24H,9-12,16H2,1-8H3,(H,33,34). The van der Waals surface area contributed by atoms with Crippen LogP contribution in [0.5, 0.6) is 5.88 Å². The number of piperidine rings is 1. The van der Waals surface area contributed by atoms with E-state index in [0.717, 1.165) is 25.9 Å². The minimum atomic E-state index is -1.23. The predicted molar refractivity (Wildman–Crippen MR) is 139 cm³/mol. The fourth-order valence-corrected chi connectivity index (χ4v) is 4.32. The molecule has 7 nitrogen and oxygen atoms in total. The number of ether oxygens (including phenoxy) is 2. The fourth-order valence-electron chi connectivity index (χ4n) is 4.32. The number of carboxylic acids is 1. The van der Waals surface area contributed by atoms with Crippen LogP contribution in [0.1, 0.15) is 78.7 Å². The summed E-state index contributed by atoms with van der Waals surface area (Å²) in [4.78, 5) is 23.4. The predicted octanol–water partition coefficient (Wildman–Crippen LogP) is 6.19. The number of aromatic nitrogens is 2. The summed E-state index contributed by atoms with van der Waals surface area (Å²) in [6.07, 6.45) is 3.90. The van der Waals surface area contributed by atoms with Crippen molar-refractivity contribution in [2.75, 3.05) is 24.6 Å². The van der Waals surface area contributed by atoms with Gasteiger partial charge in [0, 0.05) is 47.9 Å². The summed E-state index contributed by atoms with van der Waals surface area (Å²) in [7, 11) is 0. The number of carbonyl (C=O) groups is 1. The molecule has 2 aromatic rings. The maximum absolute atomic E-state index is 15.0. The van der Waals surface area contributed by atoms with Gasteiger partial charge in [0.2, 0.25) is 5.88 Å². The van der Waals surface area contributed by atoms with Crippen LogP contribution in [0.25, 0.3) is 11.1 Å². The molecule has 1 unspecified atom stereocenters. The van der Waals surface area contributed by atoms with Crippen LogP contribution >= 0.6 is 0 Å². The van der Waals surface area contributed by atoms with Crippen molar-refractivity contribution in [3.05, 3.63) is 35.5 Å². The second kappa shape index (κ2) is 10.7. The first-order valence-electron chi connectivity index (χ1n) is 12.6. The lowest BCUT2D eigenvalue weighted by Gasteiger charge is -2.40. The molecular formula is C28H40FN3O4. The van der Waals surface area contributed by atoms with Crippen LogP contribution in [0.15, 0.2) is 18.5 Å². The molecule has 1 fully saturated rings. The molecule has 198 valence electrons. The Morgan fingerprint density at radius 3 is 2.36 bits per heavy atom. The van der Waals surface area contributed by atoms with E-state index in [1.807, 2.05) is 34.6 Å². The van der Waals surface area contributed by atoms with Gasteiger partial charge in [0.05, 0.1) is 17.9 Å². The molecule has 3 rings (SSSR count). The van der Waals surface area contributed by atoms with E-state index in [1.165, 1.54) is 6.07 Å². The number of carboxylic acid groups (broad SMARTS) is 1. The van der Waals surface area contributed by atoms with Gasteiger partial charge in [0.15, 0.2) is 11.9 Å². The Morgan fingerprint density at radius 1 is 1.19 bits per heavy atom. The monoisotopic (exact) mass is 501 g/mol. The van der Waals surface area contributed by atoms with Crippen molar-refractivity contribution in [2.45, 2.75) is 79.9 Å². The molecule has 0 radical (unpaired) electrons. The lowest BCUT2D eigenvalue weighted by atomic mass is 9.82. The maximum Gasteiger partial charge on any atom is 0.337 e. The summed E-state index contributed by atoms with van der Waals surface area (Å²) in [6.45, 7) is 17.6. The van der Waals surface area contributed by atoms with Crippen molar-refractivity contribution in [3.8, 4) is 17.0 Å². The molecule has 0 saturated carbocycles. The lowest BCUT2D eigenvalue weighted by Crippen LogP contribution is -2.39. The van der Waals surface area contributed by atoms with E-state index in [1.54, 1.807) is 19.3 Å². The summed E-state index contributed by atoms with van der Waals surface area (Å²) >= 11 is 0. The zero-order valence-electron chi connectivity index (χ0n) is 22.8. The van der Waals surface area contributed by atoms with E-state index in [4.69, 9.17) is 9.47 Å². The van der Waals surface area contributed by atoms with Crippen molar-refractivity contribution in [1.29, 1.82) is 0 Å². The summed E-state index contributed by atoms with van der Waals surface area (Å²) in [5, 5.41) is 10.2. The van der Waals surface area contributed by atoms with Crippen LogP contribution in [0.3, 0.4) is 0 Å². The Labute approximate surface area is 214 Å². The number of aliphatic carboxylic acids is 1. The van der Waals surface area contributed by atoms with Gasteiger partial charge < -0.3 is 19.5 Å². The van der Waals surface area contributed by atoms with E-state index in [0.29, 0.717) is 34.7 Å². The largest absolute Gasteiger partial charge is 0.479 e. The number of rotatable bonds is 8. The number of hydrogen-bond acceptors (Lipinski definition) is 6. The summed E-state index contributed by atoms with van der Waals surface area (Å²) in [6, 6.07) is 1.39. The topological polar surface area (TPSA) is 84.8 Å². The number of nitrogens with zero attached hydrogens (tertiary/aromatic N) is 3. The van der Waals surface area contributed by atoms with E-state index in [2.05, 4.69) is 28.7 Å². The Hall–Kier alpha value is -2.74. The molecule has 0 amide bonds. The molecule has 0 aliphatic carbocycles. The van der Waals surface area contributed by atoms with Crippen LogP contribution in [0, 0.1) is 24.1 Å². The Morgan fingerprint density at radius 2 is 1.83 bits per heavy atom. The van der Waals surface area contributed by atoms with Crippen molar-refractivity contribution >= 4 is 11.7 Å². The number of halogens is 1. The first-order chi connectivity index (χ1) is 16.7. The molecule has 1 aliphatic rings. The molecule has 36 heavy (non-hydrogen) atoms. The van der Waals surface area contributed by atoms with Crippen molar-refractivity contribution in [1.82, 2.24) is 9.97 Å². The Balaban J connectivity index is 2.18. The third-order valence-corrected chi connectivity index (χ3v) is 6.35. The lowest BCUT2D eigenvalue weighted by molar-refractivity contribution is -0.160. The van der Waals surface area contributed by atoms with Gasteiger partial charge in [-0.25, -0.2) is 14.2 Å². The minimum Gasteiger partial charge on any atom is -0.479 e. The third-order valence-electron chi connectivity index (χ3n) is 6.35. The molecular weight excluding hydrogens is 461 g/mol. The Kier molecular flexibility index (Phi) is 8.28. The first-order valence-corrected chi connectivity index (χ1v) is 12.6. The number of aryl methyl sites for hydroxylation is 1. The highest BCUT2D eigenvalue weighted by Crippen LogP contribution is 2.43. The van der Waals surface area contributed by atoms with Gasteiger partial charge >= 0.3 is 5.97 Å². The average molecular weight is 502 g/mol. The fraction of sp³-hybridized carbons (Fsp3) is 0.607. The van der Waals surface area contributed by atoms with Crippen molar-refractivity contribution in [3.63, 3.8) is 0 Å². The average Bonchev–Trinajstić information content (AvgIpc) is 2.76. The van der Waals surface area contributed by atoms with Gasteiger partial charge in [-0.1, -0.05) is 27.7 Å².